The fourth-order valence-corrected chi connectivity index (χ4v) is 1.96. The molecular weight excluding hydrogens is 218 g/mol. The summed E-state index contributed by atoms with van der Waals surface area (Å²) in [7, 11) is 3.63. The van der Waals surface area contributed by atoms with E-state index >= 15 is 0 Å². The molecular formula is C11H12N5O+. The zero-order chi connectivity index (χ0) is 12.0. The molecule has 86 valence electrons. The molecule has 0 bridgehead atoms. The van der Waals surface area contributed by atoms with Gasteiger partial charge in [-0.2, -0.15) is 4.57 Å². The number of para-hydroxylation sites is 1. The lowest BCUT2D eigenvalue weighted by atomic mass is 10.3. The van der Waals surface area contributed by atoms with Crippen molar-refractivity contribution in [2.24, 2.45) is 14.1 Å². The molecule has 1 N–H and O–H groups in total. The molecule has 0 amide bonds. The smallest absolute Gasteiger partial charge is 0.393 e. The topological polar surface area (TPSA) is 59.8 Å². The molecule has 2 aromatic heterocycles. The van der Waals surface area contributed by atoms with Gasteiger partial charge in [0.05, 0.1) is 14.1 Å². The highest BCUT2D eigenvalue weighted by atomic mass is 16.3. The summed E-state index contributed by atoms with van der Waals surface area (Å²) in [5, 5.41) is 17.9. The maximum Gasteiger partial charge on any atom is 0.393 e. The van der Waals surface area contributed by atoms with Crippen LogP contribution in [-0.2, 0) is 14.1 Å². The molecule has 0 spiro atoms. The number of fused-ring (bicyclic) bond motifs is 1. The number of aromatic nitrogens is 5. The standard InChI is InChI=1S/C11H11N5O/c1-14-7-10(17)15(2)11(14)16-9-6-4-3-5-8(9)12-13-16/h3-7H,1-2H3/p+1. The van der Waals surface area contributed by atoms with Gasteiger partial charge in [-0.25, -0.2) is 4.57 Å². The minimum atomic E-state index is 0.182. The van der Waals surface area contributed by atoms with Crippen molar-refractivity contribution in [2.75, 3.05) is 0 Å². The van der Waals surface area contributed by atoms with Crippen molar-refractivity contribution >= 4 is 11.0 Å². The minimum Gasteiger partial charge on any atom is -0.481 e. The number of benzene rings is 1. The molecule has 0 aliphatic carbocycles. The molecule has 0 saturated heterocycles. The van der Waals surface area contributed by atoms with E-state index in [1.54, 1.807) is 27.1 Å². The van der Waals surface area contributed by atoms with Crippen LogP contribution in [0.5, 0.6) is 5.88 Å². The van der Waals surface area contributed by atoms with Crippen molar-refractivity contribution in [1.82, 2.24) is 19.6 Å². The second-order valence-electron chi connectivity index (χ2n) is 3.95. The Morgan fingerprint density at radius 2 is 2.06 bits per heavy atom. The highest BCUT2D eigenvalue weighted by Gasteiger charge is 2.22. The number of hydrogen-bond acceptors (Lipinski definition) is 3. The monoisotopic (exact) mass is 230 g/mol. The van der Waals surface area contributed by atoms with E-state index in [-0.39, 0.29) is 5.88 Å². The van der Waals surface area contributed by atoms with Crippen molar-refractivity contribution < 1.29 is 9.67 Å². The summed E-state index contributed by atoms with van der Waals surface area (Å²) in [6, 6.07) is 7.70. The predicted molar refractivity (Wildman–Crippen MR) is 60.7 cm³/mol. The second-order valence-corrected chi connectivity index (χ2v) is 3.95. The van der Waals surface area contributed by atoms with Crippen LogP contribution in [0.15, 0.2) is 30.5 Å². The summed E-state index contributed by atoms with van der Waals surface area (Å²) in [6.07, 6.45) is 1.63. The van der Waals surface area contributed by atoms with E-state index in [1.807, 2.05) is 31.3 Å². The van der Waals surface area contributed by atoms with E-state index in [9.17, 15) is 5.11 Å². The molecule has 0 aliphatic rings. The Morgan fingerprint density at radius 1 is 1.29 bits per heavy atom. The lowest BCUT2D eigenvalue weighted by Gasteiger charge is -1.96. The van der Waals surface area contributed by atoms with Crippen molar-refractivity contribution in [1.29, 1.82) is 0 Å². The third-order valence-electron chi connectivity index (χ3n) is 2.81. The molecule has 3 rings (SSSR count). The van der Waals surface area contributed by atoms with E-state index in [1.165, 1.54) is 0 Å². The van der Waals surface area contributed by atoms with Gasteiger partial charge in [0.15, 0.2) is 5.52 Å². The zero-order valence-electron chi connectivity index (χ0n) is 9.57. The van der Waals surface area contributed by atoms with Gasteiger partial charge < -0.3 is 5.11 Å². The van der Waals surface area contributed by atoms with Gasteiger partial charge in [-0.1, -0.05) is 16.8 Å². The van der Waals surface area contributed by atoms with Crippen LogP contribution in [0.3, 0.4) is 0 Å². The number of aromatic hydroxyl groups is 1. The lowest BCUT2D eigenvalue weighted by molar-refractivity contribution is -0.665. The van der Waals surface area contributed by atoms with Gasteiger partial charge in [0.1, 0.15) is 11.7 Å². The number of hydrogen-bond donors (Lipinski definition) is 1. The average Bonchev–Trinajstić information content (AvgIpc) is 2.82. The second kappa shape index (κ2) is 3.31. The lowest BCUT2D eigenvalue weighted by Crippen LogP contribution is -2.32. The Kier molecular flexibility index (Phi) is 1.91. The summed E-state index contributed by atoms with van der Waals surface area (Å²) >= 11 is 0. The maximum absolute atomic E-state index is 9.67. The molecule has 6 nitrogen and oxygen atoms in total. The van der Waals surface area contributed by atoms with Crippen molar-refractivity contribution in [3.63, 3.8) is 0 Å². The van der Waals surface area contributed by atoms with Gasteiger partial charge >= 0.3 is 5.95 Å². The first-order valence-electron chi connectivity index (χ1n) is 5.23. The van der Waals surface area contributed by atoms with Crippen molar-refractivity contribution in [3.8, 4) is 11.8 Å². The Bertz CT molecular complexity index is 697. The largest absolute Gasteiger partial charge is 0.481 e. The quantitative estimate of drug-likeness (QED) is 0.611. The predicted octanol–water partition coefficient (Wildman–Crippen LogP) is 0.289. The Labute approximate surface area is 97.3 Å². The SMILES string of the molecule is Cn1c(O)c[n+](C)c1-n1nnc2ccccc21. The molecule has 0 aliphatic heterocycles. The van der Waals surface area contributed by atoms with E-state index in [4.69, 9.17) is 0 Å². The number of rotatable bonds is 1. The summed E-state index contributed by atoms with van der Waals surface area (Å²) in [4.78, 5) is 0. The molecule has 3 aromatic rings. The van der Waals surface area contributed by atoms with E-state index < -0.39 is 0 Å². The van der Waals surface area contributed by atoms with E-state index in [0.717, 1.165) is 17.0 Å². The Balaban J connectivity index is 2.35. The van der Waals surface area contributed by atoms with E-state index in [2.05, 4.69) is 10.3 Å². The van der Waals surface area contributed by atoms with Crippen LogP contribution in [0.1, 0.15) is 0 Å². The summed E-state index contributed by atoms with van der Waals surface area (Å²) < 4.78 is 5.16. The van der Waals surface area contributed by atoms with Crippen LogP contribution < -0.4 is 4.57 Å². The van der Waals surface area contributed by atoms with Crippen molar-refractivity contribution in [3.05, 3.63) is 30.5 Å². The number of imidazole rings is 1. The molecule has 1 aromatic carbocycles. The van der Waals surface area contributed by atoms with Gasteiger partial charge in [-0.15, -0.1) is 5.10 Å². The Hall–Kier alpha value is -2.37. The van der Waals surface area contributed by atoms with Gasteiger partial charge in [-0.3, -0.25) is 0 Å². The molecule has 0 atom stereocenters. The van der Waals surface area contributed by atoms with Crippen LogP contribution in [-0.4, -0.2) is 24.7 Å². The molecule has 17 heavy (non-hydrogen) atoms. The first-order valence-corrected chi connectivity index (χ1v) is 5.23. The van der Waals surface area contributed by atoms with Crippen LogP contribution in [0.4, 0.5) is 0 Å². The van der Waals surface area contributed by atoms with Crippen molar-refractivity contribution in [2.45, 2.75) is 0 Å². The highest BCUT2D eigenvalue weighted by molar-refractivity contribution is 5.75. The number of aryl methyl sites for hydroxylation is 1. The third kappa shape index (κ3) is 1.30. The normalized spacial score (nSPS) is 11.2. The summed E-state index contributed by atoms with van der Waals surface area (Å²) in [6.45, 7) is 0. The summed E-state index contributed by atoms with van der Waals surface area (Å²) in [5.41, 5.74) is 1.73. The first kappa shape index (κ1) is 9.83. The van der Waals surface area contributed by atoms with Gasteiger partial charge in [0, 0.05) is 5.21 Å². The summed E-state index contributed by atoms with van der Waals surface area (Å²) in [5.74, 6) is 0.929. The minimum absolute atomic E-state index is 0.182. The highest BCUT2D eigenvalue weighted by Crippen LogP contribution is 2.16. The molecule has 0 fully saturated rings. The molecule has 6 heteroatoms. The number of nitrogens with zero attached hydrogens (tertiary/aromatic N) is 5. The van der Waals surface area contributed by atoms with Crippen LogP contribution in [0.25, 0.3) is 17.0 Å². The van der Waals surface area contributed by atoms with E-state index in [0.29, 0.717) is 0 Å². The fraction of sp³-hybridized carbons (Fsp3) is 0.182. The van der Waals surface area contributed by atoms with Crippen LogP contribution in [0, 0.1) is 0 Å². The maximum atomic E-state index is 9.67. The van der Waals surface area contributed by atoms with Gasteiger partial charge in [0.2, 0.25) is 0 Å². The molecule has 0 radical (unpaired) electrons. The van der Waals surface area contributed by atoms with Crippen LogP contribution >= 0.6 is 0 Å². The Morgan fingerprint density at radius 3 is 2.76 bits per heavy atom. The van der Waals surface area contributed by atoms with Crippen LogP contribution in [0.2, 0.25) is 0 Å². The fourth-order valence-electron chi connectivity index (χ4n) is 1.96. The van der Waals surface area contributed by atoms with Gasteiger partial charge in [-0.05, 0) is 12.1 Å². The van der Waals surface area contributed by atoms with Gasteiger partial charge in [0.25, 0.3) is 5.88 Å². The average molecular weight is 230 g/mol. The molecule has 2 heterocycles. The third-order valence-corrected chi connectivity index (χ3v) is 2.81. The first-order chi connectivity index (χ1) is 8.18. The molecule has 0 saturated carbocycles. The molecule has 0 unspecified atom stereocenters. The zero-order valence-corrected chi connectivity index (χ0v) is 9.57.